The largest absolute Gasteiger partial charge is 0.494 e. The topological polar surface area (TPSA) is 73.6 Å². The summed E-state index contributed by atoms with van der Waals surface area (Å²) in [5.41, 5.74) is 6.87. The second-order valence-electron chi connectivity index (χ2n) is 5.30. The van der Waals surface area contributed by atoms with Crippen LogP contribution < -0.4 is 15.8 Å². The molecule has 0 saturated carbocycles. The molecular formula is C16H24N2O3. The zero-order valence-corrected chi connectivity index (χ0v) is 12.7. The summed E-state index contributed by atoms with van der Waals surface area (Å²) >= 11 is 0. The van der Waals surface area contributed by atoms with E-state index in [-0.39, 0.29) is 12.0 Å². The van der Waals surface area contributed by atoms with Gasteiger partial charge >= 0.3 is 0 Å². The Morgan fingerprint density at radius 2 is 2.24 bits per heavy atom. The first-order valence-corrected chi connectivity index (χ1v) is 7.57. The molecule has 0 spiro atoms. The van der Waals surface area contributed by atoms with Gasteiger partial charge in [-0.3, -0.25) is 4.79 Å². The van der Waals surface area contributed by atoms with E-state index < -0.39 is 0 Å². The molecule has 1 fully saturated rings. The molecule has 2 atom stereocenters. The third-order valence-corrected chi connectivity index (χ3v) is 3.78. The zero-order valence-electron chi connectivity index (χ0n) is 12.7. The lowest BCUT2D eigenvalue weighted by Crippen LogP contribution is -2.32. The van der Waals surface area contributed by atoms with Crippen molar-refractivity contribution in [1.29, 1.82) is 0 Å². The van der Waals surface area contributed by atoms with Crippen LogP contribution in [0.1, 0.15) is 37.0 Å². The van der Waals surface area contributed by atoms with Crippen molar-refractivity contribution < 1.29 is 14.3 Å². The number of anilines is 1. The van der Waals surface area contributed by atoms with Crippen LogP contribution in [0.15, 0.2) is 18.2 Å². The van der Waals surface area contributed by atoms with Crippen LogP contribution in [-0.2, 0) is 4.74 Å². The summed E-state index contributed by atoms with van der Waals surface area (Å²) in [4.78, 5) is 12.2. The minimum absolute atomic E-state index is 0.120. The molecule has 3 N–H and O–H groups in total. The van der Waals surface area contributed by atoms with E-state index in [1.165, 1.54) is 0 Å². The van der Waals surface area contributed by atoms with Crippen LogP contribution in [-0.4, -0.2) is 31.8 Å². The Kier molecular flexibility index (Phi) is 5.44. The number of hydrogen-bond donors (Lipinski definition) is 2. The minimum Gasteiger partial charge on any atom is -0.494 e. The first-order chi connectivity index (χ1) is 10.1. The smallest absolute Gasteiger partial charge is 0.251 e. The fraction of sp³-hybridized carbons (Fsp3) is 0.562. The molecule has 0 radical (unpaired) electrons. The summed E-state index contributed by atoms with van der Waals surface area (Å²) in [6.45, 7) is 5.97. The number of benzene rings is 1. The monoisotopic (exact) mass is 292 g/mol. The van der Waals surface area contributed by atoms with Crippen molar-refractivity contribution in [2.24, 2.45) is 5.92 Å². The highest BCUT2D eigenvalue weighted by atomic mass is 16.5. The Hall–Kier alpha value is -1.75. The van der Waals surface area contributed by atoms with Crippen molar-refractivity contribution in [3.63, 3.8) is 0 Å². The van der Waals surface area contributed by atoms with Gasteiger partial charge in [-0.1, -0.05) is 6.92 Å². The van der Waals surface area contributed by atoms with E-state index in [9.17, 15) is 4.79 Å². The lowest BCUT2D eigenvalue weighted by molar-refractivity contribution is 0.0826. The molecule has 1 aromatic carbocycles. The zero-order chi connectivity index (χ0) is 15.2. The lowest BCUT2D eigenvalue weighted by atomic mass is 9.99. The number of amides is 1. The second-order valence-corrected chi connectivity index (χ2v) is 5.30. The molecule has 5 nitrogen and oxygen atoms in total. The van der Waals surface area contributed by atoms with Gasteiger partial charge in [0.25, 0.3) is 5.91 Å². The predicted octanol–water partition coefficient (Wildman–Crippen LogP) is 2.21. The van der Waals surface area contributed by atoms with Crippen molar-refractivity contribution in [2.75, 3.05) is 25.5 Å². The number of rotatable bonds is 6. The van der Waals surface area contributed by atoms with Gasteiger partial charge in [0.05, 0.1) is 12.7 Å². The van der Waals surface area contributed by atoms with Crippen LogP contribution in [0.5, 0.6) is 5.75 Å². The maximum atomic E-state index is 12.2. The Morgan fingerprint density at radius 3 is 2.95 bits per heavy atom. The molecule has 21 heavy (non-hydrogen) atoms. The SMILES string of the molecule is CCOc1cc(N)cc(C(=O)NCC2CCOC2CC)c1. The molecule has 1 aliphatic rings. The Balaban J connectivity index is 1.96. The van der Waals surface area contributed by atoms with Crippen molar-refractivity contribution in [1.82, 2.24) is 5.32 Å². The molecule has 1 aliphatic heterocycles. The fourth-order valence-corrected chi connectivity index (χ4v) is 2.71. The van der Waals surface area contributed by atoms with E-state index >= 15 is 0 Å². The van der Waals surface area contributed by atoms with E-state index in [1.807, 2.05) is 6.92 Å². The highest BCUT2D eigenvalue weighted by molar-refractivity contribution is 5.95. The maximum Gasteiger partial charge on any atom is 0.251 e. The van der Waals surface area contributed by atoms with Gasteiger partial charge < -0.3 is 20.5 Å². The summed E-state index contributed by atoms with van der Waals surface area (Å²) in [5, 5.41) is 2.97. The molecule has 0 bridgehead atoms. The molecule has 5 heteroatoms. The molecule has 1 saturated heterocycles. The Morgan fingerprint density at radius 1 is 1.43 bits per heavy atom. The van der Waals surface area contributed by atoms with Crippen LogP contribution >= 0.6 is 0 Å². The van der Waals surface area contributed by atoms with Crippen LogP contribution in [0, 0.1) is 5.92 Å². The Labute approximate surface area is 125 Å². The molecule has 1 heterocycles. The molecule has 116 valence electrons. The van der Waals surface area contributed by atoms with Crippen LogP contribution in [0.25, 0.3) is 0 Å². The van der Waals surface area contributed by atoms with Crippen molar-refractivity contribution in [2.45, 2.75) is 32.8 Å². The predicted molar refractivity (Wildman–Crippen MR) is 82.5 cm³/mol. The van der Waals surface area contributed by atoms with E-state index in [0.29, 0.717) is 36.1 Å². The van der Waals surface area contributed by atoms with Crippen LogP contribution in [0.2, 0.25) is 0 Å². The Bertz CT molecular complexity index is 490. The standard InChI is InChI=1S/C16H24N2O3/c1-3-15-11(5-6-21-15)10-18-16(19)12-7-13(17)9-14(8-12)20-4-2/h7-9,11,15H,3-6,10,17H2,1-2H3,(H,18,19). The van der Waals surface area contributed by atoms with Gasteiger partial charge in [-0.15, -0.1) is 0 Å². The quantitative estimate of drug-likeness (QED) is 0.788. The number of nitrogens with one attached hydrogen (secondary N) is 1. The van der Waals surface area contributed by atoms with E-state index in [4.69, 9.17) is 15.2 Å². The summed E-state index contributed by atoms with van der Waals surface area (Å²) < 4.78 is 11.0. The summed E-state index contributed by atoms with van der Waals surface area (Å²) in [6, 6.07) is 5.11. The number of carbonyl (C=O) groups excluding carboxylic acids is 1. The first kappa shape index (κ1) is 15.6. The summed E-state index contributed by atoms with van der Waals surface area (Å²) in [6.07, 6.45) is 2.23. The van der Waals surface area contributed by atoms with Gasteiger partial charge in [0.1, 0.15) is 5.75 Å². The average molecular weight is 292 g/mol. The summed E-state index contributed by atoms with van der Waals surface area (Å²) in [7, 11) is 0. The molecule has 2 rings (SSSR count). The summed E-state index contributed by atoms with van der Waals surface area (Å²) in [5.74, 6) is 0.898. The van der Waals surface area contributed by atoms with Crippen molar-refractivity contribution >= 4 is 11.6 Å². The highest BCUT2D eigenvalue weighted by Gasteiger charge is 2.26. The molecule has 0 aliphatic carbocycles. The minimum atomic E-state index is -0.120. The normalized spacial score (nSPS) is 21.2. The number of ether oxygens (including phenoxy) is 2. The third-order valence-electron chi connectivity index (χ3n) is 3.78. The van der Waals surface area contributed by atoms with Crippen molar-refractivity contribution in [3.05, 3.63) is 23.8 Å². The lowest BCUT2D eigenvalue weighted by Gasteiger charge is -2.17. The van der Waals surface area contributed by atoms with Gasteiger partial charge in [0.15, 0.2) is 0 Å². The van der Waals surface area contributed by atoms with Gasteiger partial charge in [0, 0.05) is 36.4 Å². The number of nitrogens with two attached hydrogens (primary N) is 1. The molecule has 1 amide bonds. The number of nitrogen functional groups attached to an aromatic ring is 1. The molecule has 1 aromatic rings. The average Bonchev–Trinajstić information content (AvgIpc) is 2.92. The number of hydrogen-bond acceptors (Lipinski definition) is 4. The van der Waals surface area contributed by atoms with E-state index in [2.05, 4.69) is 12.2 Å². The third kappa shape index (κ3) is 4.11. The highest BCUT2D eigenvalue weighted by Crippen LogP contribution is 2.23. The van der Waals surface area contributed by atoms with Gasteiger partial charge in [0.2, 0.25) is 0 Å². The molecular weight excluding hydrogens is 268 g/mol. The van der Waals surface area contributed by atoms with E-state index in [1.54, 1.807) is 18.2 Å². The van der Waals surface area contributed by atoms with E-state index in [0.717, 1.165) is 19.4 Å². The van der Waals surface area contributed by atoms with Gasteiger partial charge in [-0.2, -0.15) is 0 Å². The van der Waals surface area contributed by atoms with Gasteiger partial charge in [-0.25, -0.2) is 0 Å². The second kappa shape index (κ2) is 7.31. The first-order valence-electron chi connectivity index (χ1n) is 7.57. The molecule has 0 aromatic heterocycles. The maximum absolute atomic E-state index is 12.2. The number of carbonyl (C=O) groups is 1. The van der Waals surface area contributed by atoms with Crippen LogP contribution in [0.3, 0.4) is 0 Å². The molecule has 2 unspecified atom stereocenters. The fourth-order valence-electron chi connectivity index (χ4n) is 2.71. The van der Waals surface area contributed by atoms with Crippen molar-refractivity contribution in [3.8, 4) is 5.75 Å². The van der Waals surface area contributed by atoms with Gasteiger partial charge in [-0.05, 0) is 31.9 Å². The van der Waals surface area contributed by atoms with Crippen LogP contribution in [0.4, 0.5) is 5.69 Å².